The summed E-state index contributed by atoms with van der Waals surface area (Å²) in [6.07, 6.45) is -2.39. The molecular formula is C20H30F3N5O. The average molecular weight is 413 g/mol. The lowest BCUT2D eigenvalue weighted by Crippen LogP contribution is -2.46. The summed E-state index contributed by atoms with van der Waals surface area (Å²) in [5.74, 6) is 1.76. The Morgan fingerprint density at radius 3 is 2.72 bits per heavy atom. The Hall–Kier alpha value is -2.16. The van der Waals surface area contributed by atoms with Gasteiger partial charge in [0.25, 0.3) is 0 Å². The number of hydrogen-bond acceptors (Lipinski definition) is 4. The second kappa shape index (κ2) is 9.56. The van der Waals surface area contributed by atoms with Crippen LogP contribution in [0.3, 0.4) is 0 Å². The van der Waals surface area contributed by atoms with Gasteiger partial charge in [-0.25, -0.2) is 0 Å². The summed E-state index contributed by atoms with van der Waals surface area (Å²) in [6.45, 7) is 2.52. The molecule has 2 N–H and O–H groups in total. The van der Waals surface area contributed by atoms with Crippen molar-refractivity contribution in [2.45, 2.75) is 25.1 Å². The van der Waals surface area contributed by atoms with Gasteiger partial charge in [0.2, 0.25) is 0 Å². The Morgan fingerprint density at radius 2 is 2.00 bits per heavy atom. The van der Waals surface area contributed by atoms with E-state index in [-0.39, 0.29) is 12.0 Å². The highest BCUT2D eigenvalue weighted by atomic mass is 19.4. The maximum absolute atomic E-state index is 12.5. The zero-order valence-corrected chi connectivity index (χ0v) is 17.0. The molecule has 2 saturated heterocycles. The van der Waals surface area contributed by atoms with Crippen LogP contribution in [0.5, 0.6) is 5.75 Å². The van der Waals surface area contributed by atoms with Gasteiger partial charge in [-0.1, -0.05) is 12.1 Å². The van der Waals surface area contributed by atoms with Gasteiger partial charge in [-0.3, -0.25) is 9.89 Å². The van der Waals surface area contributed by atoms with Crippen LogP contribution in [0.4, 0.5) is 18.9 Å². The SMILES string of the molecule is CN=C(NCC1CCN(CC(F)(F)F)C1)NC1CCN(c2ccccc2OC)C1. The molecule has 0 radical (unpaired) electrons. The molecule has 1 aromatic rings. The molecule has 1 aromatic carbocycles. The molecule has 0 aliphatic carbocycles. The number of rotatable bonds is 6. The van der Waals surface area contributed by atoms with Crippen LogP contribution < -0.4 is 20.3 Å². The van der Waals surface area contributed by atoms with Crippen molar-refractivity contribution in [3.05, 3.63) is 24.3 Å². The van der Waals surface area contributed by atoms with Crippen molar-refractivity contribution in [1.29, 1.82) is 0 Å². The molecule has 0 spiro atoms. The zero-order chi connectivity index (χ0) is 20.9. The van der Waals surface area contributed by atoms with Crippen molar-refractivity contribution in [2.24, 2.45) is 10.9 Å². The van der Waals surface area contributed by atoms with Crippen molar-refractivity contribution in [2.75, 3.05) is 58.3 Å². The number of benzene rings is 1. The van der Waals surface area contributed by atoms with E-state index in [9.17, 15) is 13.2 Å². The van der Waals surface area contributed by atoms with Gasteiger partial charge in [0, 0.05) is 39.3 Å². The van der Waals surface area contributed by atoms with Crippen molar-refractivity contribution in [3.8, 4) is 5.75 Å². The van der Waals surface area contributed by atoms with Gasteiger partial charge in [-0.2, -0.15) is 13.2 Å². The van der Waals surface area contributed by atoms with Gasteiger partial charge in [0.05, 0.1) is 19.3 Å². The van der Waals surface area contributed by atoms with E-state index in [1.54, 1.807) is 14.2 Å². The van der Waals surface area contributed by atoms with Gasteiger partial charge in [0.1, 0.15) is 5.75 Å². The molecule has 2 fully saturated rings. The predicted octanol–water partition coefficient (Wildman–Crippen LogP) is 2.32. The molecule has 2 heterocycles. The highest BCUT2D eigenvalue weighted by Crippen LogP contribution is 2.30. The molecule has 6 nitrogen and oxygen atoms in total. The van der Waals surface area contributed by atoms with Crippen molar-refractivity contribution >= 4 is 11.6 Å². The van der Waals surface area contributed by atoms with E-state index < -0.39 is 12.7 Å². The topological polar surface area (TPSA) is 52.1 Å². The van der Waals surface area contributed by atoms with E-state index in [1.165, 1.54) is 4.90 Å². The zero-order valence-electron chi connectivity index (χ0n) is 17.0. The fourth-order valence-corrected chi connectivity index (χ4v) is 4.09. The smallest absolute Gasteiger partial charge is 0.401 e. The highest BCUT2D eigenvalue weighted by Gasteiger charge is 2.34. The standard InChI is InChI=1S/C20H30F3N5O/c1-24-19(25-11-15-7-9-27(12-15)14-20(21,22)23)26-16-8-10-28(13-16)17-5-3-4-6-18(17)29-2/h3-6,15-16H,7-14H2,1-2H3,(H2,24,25,26). The second-order valence-corrected chi connectivity index (χ2v) is 7.71. The van der Waals surface area contributed by atoms with Crippen LogP contribution in [0.15, 0.2) is 29.3 Å². The van der Waals surface area contributed by atoms with E-state index >= 15 is 0 Å². The largest absolute Gasteiger partial charge is 0.495 e. The third-order valence-corrected chi connectivity index (χ3v) is 5.51. The van der Waals surface area contributed by atoms with Crippen LogP contribution in [-0.2, 0) is 0 Å². The quantitative estimate of drug-likeness (QED) is 0.554. The predicted molar refractivity (Wildman–Crippen MR) is 109 cm³/mol. The maximum atomic E-state index is 12.5. The average Bonchev–Trinajstić information content (AvgIpc) is 3.33. The number of nitrogens with one attached hydrogen (secondary N) is 2. The minimum absolute atomic E-state index is 0.199. The molecule has 9 heteroatoms. The molecule has 2 aliphatic heterocycles. The first-order valence-electron chi connectivity index (χ1n) is 10.0. The summed E-state index contributed by atoms with van der Waals surface area (Å²) in [5, 5.41) is 6.73. The summed E-state index contributed by atoms with van der Waals surface area (Å²) in [4.78, 5) is 8.04. The fourth-order valence-electron chi connectivity index (χ4n) is 4.09. The number of para-hydroxylation sites is 2. The number of anilines is 1. The van der Waals surface area contributed by atoms with Crippen LogP contribution >= 0.6 is 0 Å². The molecule has 0 aromatic heterocycles. The molecule has 2 unspecified atom stereocenters. The second-order valence-electron chi connectivity index (χ2n) is 7.71. The van der Waals surface area contributed by atoms with E-state index in [4.69, 9.17) is 4.74 Å². The molecule has 0 amide bonds. The minimum atomic E-state index is -4.13. The lowest BCUT2D eigenvalue weighted by molar-refractivity contribution is -0.143. The first-order chi connectivity index (χ1) is 13.9. The summed E-state index contributed by atoms with van der Waals surface area (Å²) in [6, 6.07) is 8.22. The van der Waals surface area contributed by atoms with Crippen LogP contribution in [0.1, 0.15) is 12.8 Å². The summed E-state index contributed by atoms with van der Waals surface area (Å²) >= 11 is 0. The molecule has 0 saturated carbocycles. The number of nitrogens with zero attached hydrogens (tertiary/aromatic N) is 3. The number of guanidine groups is 1. The molecule has 29 heavy (non-hydrogen) atoms. The van der Waals surface area contributed by atoms with Gasteiger partial charge in [0.15, 0.2) is 5.96 Å². The number of methoxy groups -OCH3 is 1. The molecular weight excluding hydrogens is 383 g/mol. The monoisotopic (exact) mass is 413 g/mol. The van der Waals surface area contributed by atoms with Crippen molar-refractivity contribution < 1.29 is 17.9 Å². The molecule has 0 bridgehead atoms. The van der Waals surface area contributed by atoms with Crippen LogP contribution in [0, 0.1) is 5.92 Å². The van der Waals surface area contributed by atoms with Crippen LogP contribution in [0.2, 0.25) is 0 Å². The number of hydrogen-bond donors (Lipinski definition) is 2. The van der Waals surface area contributed by atoms with Gasteiger partial charge in [-0.15, -0.1) is 0 Å². The van der Waals surface area contributed by atoms with Crippen LogP contribution in [-0.4, -0.2) is 76.5 Å². The lowest BCUT2D eigenvalue weighted by atomic mass is 10.1. The first kappa shape index (κ1) is 21.5. The van der Waals surface area contributed by atoms with Crippen LogP contribution in [0.25, 0.3) is 0 Å². The lowest BCUT2D eigenvalue weighted by Gasteiger charge is -2.22. The maximum Gasteiger partial charge on any atom is 0.401 e. The Morgan fingerprint density at radius 1 is 1.21 bits per heavy atom. The number of halogens is 3. The minimum Gasteiger partial charge on any atom is -0.495 e. The van der Waals surface area contributed by atoms with E-state index in [2.05, 4.69) is 26.6 Å². The summed E-state index contributed by atoms with van der Waals surface area (Å²) in [7, 11) is 3.39. The van der Waals surface area contributed by atoms with Gasteiger partial charge >= 0.3 is 6.18 Å². The molecule has 162 valence electrons. The molecule has 3 rings (SSSR count). The summed E-state index contributed by atoms with van der Waals surface area (Å²) < 4.78 is 43.1. The number of ether oxygens (including phenoxy) is 1. The van der Waals surface area contributed by atoms with E-state index in [0.29, 0.717) is 25.6 Å². The molecule has 2 atom stereocenters. The Labute approximate surface area is 170 Å². The van der Waals surface area contributed by atoms with E-state index in [1.807, 2.05) is 18.2 Å². The Bertz CT molecular complexity index is 697. The normalized spacial score (nSPS) is 23.5. The summed E-state index contributed by atoms with van der Waals surface area (Å²) in [5.41, 5.74) is 1.08. The van der Waals surface area contributed by atoms with Crippen molar-refractivity contribution in [3.63, 3.8) is 0 Å². The highest BCUT2D eigenvalue weighted by molar-refractivity contribution is 5.80. The molecule has 2 aliphatic rings. The third-order valence-electron chi connectivity index (χ3n) is 5.51. The Balaban J connectivity index is 1.44. The van der Waals surface area contributed by atoms with E-state index in [0.717, 1.165) is 37.4 Å². The number of alkyl halides is 3. The first-order valence-corrected chi connectivity index (χ1v) is 10.0. The van der Waals surface area contributed by atoms with Gasteiger partial charge in [-0.05, 0) is 37.4 Å². The number of aliphatic imine (C=N–C) groups is 1. The Kier molecular flexibility index (Phi) is 7.10. The number of likely N-dealkylation sites (tertiary alicyclic amines) is 1. The third kappa shape index (κ3) is 6.16. The fraction of sp³-hybridized carbons (Fsp3) is 0.650. The van der Waals surface area contributed by atoms with Gasteiger partial charge < -0.3 is 20.3 Å². The van der Waals surface area contributed by atoms with Crippen molar-refractivity contribution in [1.82, 2.24) is 15.5 Å².